The zero-order chi connectivity index (χ0) is 18.0. The Bertz CT molecular complexity index is 808. The lowest BCUT2D eigenvalue weighted by Gasteiger charge is -2.34. The third-order valence-corrected chi connectivity index (χ3v) is 5.54. The maximum atomic E-state index is 12.7. The van der Waals surface area contributed by atoms with Crippen LogP contribution in [-0.2, 0) is 9.53 Å². The number of nitrogens with one attached hydrogen (secondary N) is 2. The number of amides is 1. The lowest BCUT2D eigenvalue weighted by Crippen LogP contribution is -2.51. The molecule has 3 heterocycles. The van der Waals surface area contributed by atoms with Gasteiger partial charge in [-0.1, -0.05) is 0 Å². The number of nitrogens with zero attached hydrogens (tertiary/aromatic N) is 1. The minimum Gasteiger partial charge on any atom is -0.486 e. The molecule has 0 unspecified atom stereocenters. The van der Waals surface area contributed by atoms with E-state index in [2.05, 4.69) is 15.6 Å². The Morgan fingerprint density at radius 2 is 2.00 bits per heavy atom. The molecule has 27 heavy (non-hydrogen) atoms. The van der Waals surface area contributed by atoms with Crippen LogP contribution in [0.15, 0.2) is 23.6 Å². The molecule has 1 saturated heterocycles. The zero-order valence-electron chi connectivity index (χ0n) is 14.9. The lowest BCUT2D eigenvalue weighted by atomic mass is 9.91. The molecule has 1 amide bonds. The Labute approximate surface area is 167 Å². The van der Waals surface area contributed by atoms with E-state index in [1.54, 1.807) is 7.11 Å². The predicted molar refractivity (Wildman–Crippen MR) is 106 cm³/mol. The number of hydrogen-bond acceptors (Lipinski definition) is 7. The Balaban J connectivity index is 0.00000210. The molecule has 146 valence electrons. The fraction of sp³-hybridized carbons (Fsp3) is 0.444. The highest BCUT2D eigenvalue weighted by Crippen LogP contribution is 2.35. The Morgan fingerprint density at radius 1 is 1.26 bits per heavy atom. The van der Waals surface area contributed by atoms with Crippen molar-refractivity contribution in [3.63, 3.8) is 0 Å². The summed E-state index contributed by atoms with van der Waals surface area (Å²) in [6, 6.07) is 5.74. The molecule has 0 spiro atoms. The Hall–Kier alpha value is -1.87. The number of benzene rings is 1. The summed E-state index contributed by atoms with van der Waals surface area (Å²) < 4.78 is 16.7. The van der Waals surface area contributed by atoms with Crippen LogP contribution in [0.3, 0.4) is 0 Å². The number of ether oxygens (including phenoxy) is 3. The maximum absolute atomic E-state index is 12.7. The highest BCUT2D eigenvalue weighted by molar-refractivity contribution is 7.14. The third-order valence-electron chi connectivity index (χ3n) is 4.78. The maximum Gasteiger partial charge on any atom is 0.258 e. The van der Waals surface area contributed by atoms with Crippen LogP contribution in [0.2, 0.25) is 0 Å². The van der Waals surface area contributed by atoms with Gasteiger partial charge in [0.25, 0.3) is 5.91 Å². The predicted octanol–water partition coefficient (Wildman–Crippen LogP) is 2.71. The van der Waals surface area contributed by atoms with E-state index in [0.717, 1.165) is 35.8 Å². The first-order chi connectivity index (χ1) is 12.7. The van der Waals surface area contributed by atoms with Gasteiger partial charge >= 0.3 is 0 Å². The minimum atomic E-state index is -0.784. The SMILES string of the molecule is COC1(C(=O)Nc2nc(-c3ccc4c(c3)OCCO4)cs2)CCNCC1.Cl. The van der Waals surface area contributed by atoms with Crippen LogP contribution in [0.25, 0.3) is 11.3 Å². The summed E-state index contributed by atoms with van der Waals surface area (Å²) in [6.07, 6.45) is 1.30. The summed E-state index contributed by atoms with van der Waals surface area (Å²) >= 11 is 1.40. The van der Waals surface area contributed by atoms with Gasteiger partial charge in [-0.2, -0.15) is 0 Å². The molecule has 2 N–H and O–H groups in total. The van der Waals surface area contributed by atoms with E-state index in [9.17, 15) is 4.79 Å². The molecule has 2 aliphatic heterocycles. The fourth-order valence-electron chi connectivity index (χ4n) is 3.23. The highest BCUT2D eigenvalue weighted by atomic mass is 35.5. The zero-order valence-corrected chi connectivity index (χ0v) is 16.6. The minimum absolute atomic E-state index is 0. The number of piperidine rings is 1. The van der Waals surface area contributed by atoms with E-state index in [-0.39, 0.29) is 18.3 Å². The Morgan fingerprint density at radius 3 is 2.74 bits per heavy atom. The molecule has 4 rings (SSSR count). The number of rotatable bonds is 4. The second-order valence-electron chi connectivity index (χ2n) is 6.30. The largest absolute Gasteiger partial charge is 0.486 e. The molecule has 1 fully saturated rings. The van der Waals surface area contributed by atoms with Crippen LogP contribution in [-0.4, -0.2) is 49.9 Å². The van der Waals surface area contributed by atoms with Gasteiger partial charge in [0.15, 0.2) is 16.6 Å². The monoisotopic (exact) mass is 411 g/mol. The van der Waals surface area contributed by atoms with Crippen LogP contribution in [0.4, 0.5) is 5.13 Å². The molecule has 0 radical (unpaired) electrons. The Kier molecular flexibility index (Phi) is 6.21. The topological polar surface area (TPSA) is 81.7 Å². The molecule has 0 saturated carbocycles. The standard InChI is InChI=1S/C18H21N3O4S.ClH/c1-23-18(4-6-19-7-5-18)16(22)21-17-20-13(11-26-17)12-2-3-14-15(10-12)25-9-8-24-14;/h2-3,10-11,19H,4-9H2,1H3,(H,20,21,22);1H. The number of carbonyl (C=O) groups excluding carboxylic acids is 1. The van der Waals surface area contributed by atoms with Crippen LogP contribution < -0.4 is 20.1 Å². The number of thiazole rings is 1. The van der Waals surface area contributed by atoms with E-state index in [1.165, 1.54) is 11.3 Å². The van der Waals surface area contributed by atoms with E-state index < -0.39 is 5.60 Å². The first-order valence-electron chi connectivity index (χ1n) is 8.63. The van der Waals surface area contributed by atoms with E-state index in [0.29, 0.717) is 31.2 Å². The first kappa shape index (κ1) is 19.9. The highest BCUT2D eigenvalue weighted by Gasteiger charge is 2.40. The molecule has 1 aromatic heterocycles. The molecular formula is C18H22ClN3O4S. The molecule has 0 bridgehead atoms. The first-order valence-corrected chi connectivity index (χ1v) is 9.51. The summed E-state index contributed by atoms with van der Waals surface area (Å²) in [4.78, 5) is 17.3. The normalized spacial score (nSPS) is 17.7. The molecular weight excluding hydrogens is 390 g/mol. The van der Waals surface area contributed by atoms with Gasteiger partial charge in [-0.15, -0.1) is 23.7 Å². The molecule has 9 heteroatoms. The van der Waals surface area contributed by atoms with Crippen molar-refractivity contribution in [3.05, 3.63) is 23.6 Å². The van der Waals surface area contributed by atoms with Crippen LogP contribution in [0.1, 0.15) is 12.8 Å². The number of halogens is 1. The van der Waals surface area contributed by atoms with E-state index in [4.69, 9.17) is 14.2 Å². The molecule has 2 aliphatic rings. The number of methoxy groups -OCH3 is 1. The number of aromatic nitrogens is 1. The van der Waals surface area contributed by atoms with E-state index >= 15 is 0 Å². The average Bonchev–Trinajstić information content (AvgIpc) is 3.16. The van der Waals surface area contributed by atoms with Gasteiger partial charge in [0.2, 0.25) is 0 Å². The van der Waals surface area contributed by atoms with Crippen molar-refractivity contribution in [1.82, 2.24) is 10.3 Å². The number of anilines is 1. The summed E-state index contributed by atoms with van der Waals surface area (Å²) in [5.41, 5.74) is 0.932. The van der Waals surface area contributed by atoms with Crippen molar-refractivity contribution in [2.24, 2.45) is 0 Å². The van der Waals surface area contributed by atoms with Gasteiger partial charge in [-0.05, 0) is 44.1 Å². The lowest BCUT2D eigenvalue weighted by molar-refractivity contribution is -0.140. The van der Waals surface area contributed by atoms with Crippen molar-refractivity contribution in [1.29, 1.82) is 0 Å². The van der Waals surface area contributed by atoms with Gasteiger partial charge in [0.05, 0.1) is 5.69 Å². The van der Waals surface area contributed by atoms with Crippen LogP contribution in [0.5, 0.6) is 11.5 Å². The van der Waals surface area contributed by atoms with E-state index in [1.807, 2.05) is 23.6 Å². The van der Waals surface area contributed by atoms with Crippen molar-refractivity contribution in [3.8, 4) is 22.8 Å². The molecule has 1 aromatic carbocycles. The molecule has 2 aromatic rings. The summed E-state index contributed by atoms with van der Waals surface area (Å²) in [5.74, 6) is 1.33. The van der Waals surface area contributed by atoms with Gasteiger partial charge < -0.3 is 19.5 Å². The number of hydrogen-bond donors (Lipinski definition) is 2. The molecule has 0 atom stereocenters. The quantitative estimate of drug-likeness (QED) is 0.805. The van der Waals surface area contributed by atoms with Crippen molar-refractivity contribution >= 4 is 34.8 Å². The average molecular weight is 412 g/mol. The third kappa shape index (κ3) is 4.03. The molecule has 0 aliphatic carbocycles. The van der Waals surface area contributed by atoms with Crippen LogP contribution >= 0.6 is 23.7 Å². The second-order valence-corrected chi connectivity index (χ2v) is 7.16. The summed E-state index contributed by atoms with van der Waals surface area (Å²) in [7, 11) is 1.59. The van der Waals surface area contributed by atoms with Gasteiger partial charge in [-0.25, -0.2) is 4.98 Å². The van der Waals surface area contributed by atoms with Crippen molar-refractivity contribution in [2.45, 2.75) is 18.4 Å². The number of fused-ring (bicyclic) bond motifs is 1. The van der Waals surface area contributed by atoms with Crippen LogP contribution in [0, 0.1) is 0 Å². The van der Waals surface area contributed by atoms with Gasteiger partial charge in [-0.3, -0.25) is 10.1 Å². The second kappa shape index (κ2) is 8.43. The van der Waals surface area contributed by atoms with Crippen molar-refractivity contribution < 1.29 is 19.0 Å². The van der Waals surface area contributed by atoms with Crippen molar-refractivity contribution in [2.75, 3.05) is 38.7 Å². The summed E-state index contributed by atoms with van der Waals surface area (Å²) in [6.45, 7) is 2.64. The smallest absolute Gasteiger partial charge is 0.258 e. The van der Waals surface area contributed by atoms with Gasteiger partial charge in [0.1, 0.15) is 18.8 Å². The fourth-order valence-corrected chi connectivity index (χ4v) is 3.95. The van der Waals surface area contributed by atoms with Gasteiger partial charge in [0, 0.05) is 18.1 Å². The molecule has 7 nitrogen and oxygen atoms in total. The summed E-state index contributed by atoms with van der Waals surface area (Å²) in [5, 5.41) is 8.65. The number of carbonyl (C=O) groups is 1.